The highest BCUT2D eigenvalue weighted by atomic mass is 19.4. The quantitative estimate of drug-likeness (QED) is 0.606. The second-order valence-electron chi connectivity index (χ2n) is 6.69. The fourth-order valence-electron chi connectivity index (χ4n) is 2.94. The lowest BCUT2D eigenvalue weighted by Crippen LogP contribution is -2.37. The average molecular weight is 421 g/mol. The molecule has 2 heterocycles. The van der Waals surface area contributed by atoms with Crippen molar-refractivity contribution in [2.45, 2.75) is 25.1 Å². The molecule has 0 saturated carbocycles. The van der Waals surface area contributed by atoms with Gasteiger partial charge in [0.2, 0.25) is 5.60 Å². The molecule has 1 aromatic carbocycles. The Balaban J connectivity index is 1.96. The molecular weight excluding hydrogens is 403 g/mol. The van der Waals surface area contributed by atoms with E-state index >= 15 is 0 Å². The lowest BCUT2D eigenvalue weighted by atomic mass is 10.0. The van der Waals surface area contributed by atoms with Gasteiger partial charge in [0.15, 0.2) is 5.69 Å². The van der Waals surface area contributed by atoms with E-state index in [1.165, 1.54) is 30.0 Å². The number of aliphatic hydroxyl groups is 1. The van der Waals surface area contributed by atoms with Crippen LogP contribution in [0.2, 0.25) is 0 Å². The Labute approximate surface area is 170 Å². The summed E-state index contributed by atoms with van der Waals surface area (Å²) in [4.78, 5) is 25.2. The van der Waals surface area contributed by atoms with Crippen molar-refractivity contribution in [3.8, 4) is 17.5 Å². The molecular formula is C20H18F3N3O4. The van der Waals surface area contributed by atoms with E-state index < -0.39 is 34.9 Å². The average Bonchev–Trinajstić information content (AvgIpc) is 3.26. The molecule has 158 valence electrons. The molecule has 2 aromatic rings. The van der Waals surface area contributed by atoms with Gasteiger partial charge in [-0.3, -0.25) is 4.79 Å². The van der Waals surface area contributed by atoms with Gasteiger partial charge in [0, 0.05) is 31.8 Å². The molecule has 3 rings (SSSR count). The van der Waals surface area contributed by atoms with Crippen molar-refractivity contribution in [1.82, 2.24) is 14.7 Å². The molecule has 1 N–H and O–H groups in total. The Morgan fingerprint density at radius 2 is 2.13 bits per heavy atom. The summed E-state index contributed by atoms with van der Waals surface area (Å²) < 4.78 is 45.5. The zero-order chi connectivity index (χ0) is 22.1. The van der Waals surface area contributed by atoms with Crippen LogP contribution in [0.25, 0.3) is 5.69 Å². The van der Waals surface area contributed by atoms with Gasteiger partial charge in [-0.15, -0.1) is 0 Å². The zero-order valence-electron chi connectivity index (χ0n) is 16.2. The number of amides is 1. The van der Waals surface area contributed by atoms with Crippen LogP contribution in [0.1, 0.15) is 35.0 Å². The molecule has 0 aliphatic carbocycles. The van der Waals surface area contributed by atoms with Gasteiger partial charge >= 0.3 is 12.1 Å². The number of benzene rings is 1. The van der Waals surface area contributed by atoms with Crippen molar-refractivity contribution in [3.63, 3.8) is 0 Å². The normalized spacial score (nSPS) is 18.9. The maximum absolute atomic E-state index is 13.3. The molecule has 1 aliphatic heterocycles. The first kappa shape index (κ1) is 21.4. The van der Waals surface area contributed by atoms with Gasteiger partial charge in [-0.2, -0.15) is 18.3 Å². The van der Waals surface area contributed by atoms with Crippen LogP contribution in [0.5, 0.6) is 0 Å². The molecule has 1 atom stereocenters. The van der Waals surface area contributed by atoms with Crippen LogP contribution >= 0.6 is 0 Å². The van der Waals surface area contributed by atoms with E-state index in [9.17, 15) is 27.9 Å². The summed E-state index contributed by atoms with van der Waals surface area (Å²) in [6, 6.07) is 6.02. The third kappa shape index (κ3) is 4.16. The van der Waals surface area contributed by atoms with Crippen LogP contribution in [0, 0.1) is 11.8 Å². The summed E-state index contributed by atoms with van der Waals surface area (Å²) in [6.45, 7) is 1.75. The van der Waals surface area contributed by atoms with Gasteiger partial charge in [0.05, 0.1) is 12.3 Å². The van der Waals surface area contributed by atoms with Crippen LogP contribution in [0.4, 0.5) is 13.2 Å². The summed E-state index contributed by atoms with van der Waals surface area (Å²) in [5.74, 6) is 3.54. The lowest BCUT2D eigenvalue weighted by Gasteiger charge is -2.13. The number of alkyl halides is 3. The highest BCUT2D eigenvalue weighted by molar-refractivity contribution is 5.90. The number of halogens is 3. The molecule has 0 radical (unpaired) electrons. The minimum absolute atomic E-state index is 0.0924. The van der Waals surface area contributed by atoms with Gasteiger partial charge in [-0.1, -0.05) is 17.9 Å². The van der Waals surface area contributed by atoms with Gasteiger partial charge in [0.25, 0.3) is 5.91 Å². The number of hydrogen-bond donors (Lipinski definition) is 1. The summed E-state index contributed by atoms with van der Waals surface area (Å²) in [5, 5.41) is 14.1. The fourth-order valence-corrected chi connectivity index (χ4v) is 2.94. The van der Waals surface area contributed by atoms with E-state index in [2.05, 4.69) is 21.7 Å². The monoisotopic (exact) mass is 421 g/mol. The minimum atomic E-state index is -4.80. The van der Waals surface area contributed by atoms with E-state index in [4.69, 9.17) is 0 Å². The van der Waals surface area contributed by atoms with Crippen molar-refractivity contribution < 1.29 is 32.6 Å². The molecule has 1 fully saturated rings. The van der Waals surface area contributed by atoms with Gasteiger partial charge in [0.1, 0.15) is 5.56 Å². The molecule has 0 spiro atoms. The van der Waals surface area contributed by atoms with Gasteiger partial charge < -0.3 is 14.7 Å². The second-order valence-corrected chi connectivity index (χ2v) is 6.69. The highest BCUT2D eigenvalue weighted by Crippen LogP contribution is 2.32. The second kappa shape index (κ2) is 7.84. The number of carbonyl (C=O) groups excluding carboxylic acids is 2. The van der Waals surface area contributed by atoms with Crippen LogP contribution < -0.4 is 0 Å². The van der Waals surface area contributed by atoms with Crippen molar-refractivity contribution in [3.05, 3.63) is 47.3 Å². The van der Waals surface area contributed by atoms with E-state index in [0.717, 1.165) is 4.68 Å². The van der Waals surface area contributed by atoms with Gasteiger partial charge in [-0.25, -0.2) is 9.48 Å². The fraction of sp³-hybridized carbons (Fsp3) is 0.350. The molecule has 1 aromatic heterocycles. The summed E-state index contributed by atoms with van der Waals surface area (Å²) in [6.07, 6.45) is -3.94. The molecule has 30 heavy (non-hydrogen) atoms. The predicted octanol–water partition coefficient (Wildman–Crippen LogP) is 2.01. The highest BCUT2D eigenvalue weighted by Gasteiger charge is 2.42. The molecule has 0 bridgehead atoms. The number of nitrogens with zero attached hydrogens (tertiary/aromatic N) is 3. The largest absolute Gasteiger partial charge is 0.461 e. The molecule has 10 heteroatoms. The number of likely N-dealkylation sites (tertiary alicyclic amines) is 1. The summed E-state index contributed by atoms with van der Waals surface area (Å²) in [7, 11) is 1.56. The first-order valence-electron chi connectivity index (χ1n) is 9.00. The van der Waals surface area contributed by atoms with Crippen molar-refractivity contribution in [2.75, 3.05) is 20.2 Å². The maximum atomic E-state index is 13.3. The number of esters is 1. The standard InChI is InChI=1S/C20H18F3N3O4/c1-3-30-17(27)16-15(20(21,22)23)12-26(24-16)14-6-4-5-13(11-14)7-8-19(29)9-10-25(2)18(19)28/h4-6,11-12,29H,3,9-10H2,1-2H3/t19-/m0/s1. The third-order valence-electron chi connectivity index (χ3n) is 4.52. The zero-order valence-corrected chi connectivity index (χ0v) is 16.2. The van der Waals surface area contributed by atoms with E-state index in [1.54, 1.807) is 13.1 Å². The number of aromatic nitrogens is 2. The van der Waals surface area contributed by atoms with Crippen LogP contribution in [-0.4, -0.2) is 57.5 Å². The number of rotatable bonds is 3. The molecule has 1 aliphatic rings. The molecule has 1 saturated heterocycles. The van der Waals surface area contributed by atoms with Crippen molar-refractivity contribution >= 4 is 11.9 Å². The molecule has 7 nitrogen and oxygen atoms in total. The van der Waals surface area contributed by atoms with Crippen LogP contribution in [0.3, 0.4) is 0 Å². The Morgan fingerprint density at radius 1 is 1.40 bits per heavy atom. The molecule has 0 unspecified atom stereocenters. The predicted molar refractivity (Wildman–Crippen MR) is 98.6 cm³/mol. The smallest absolute Gasteiger partial charge is 0.420 e. The van der Waals surface area contributed by atoms with E-state index in [-0.39, 0.29) is 18.7 Å². The lowest BCUT2D eigenvalue weighted by molar-refractivity contribution is -0.138. The Bertz CT molecular complexity index is 1050. The number of likely N-dealkylation sites (N-methyl/N-ethyl adjacent to an activating group) is 1. The first-order chi connectivity index (χ1) is 14.0. The third-order valence-corrected chi connectivity index (χ3v) is 4.52. The summed E-state index contributed by atoms with van der Waals surface area (Å²) >= 11 is 0. The number of ether oxygens (including phenoxy) is 1. The maximum Gasteiger partial charge on any atom is 0.420 e. The Kier molecular flexibility index (Phi) is 5.59. The topological polar surface area (TPSA) is 84.7 Å². The first-order valence-corrected chi connectivity index (χ1v) is 9.00. The number of hydrogen-bond acceptors (Lipinski definition) is 5. The Morgan fingerprint density at radius 3 is 2.73 bits per heavy atom. The van der Waals surface area contributed by atoms with Crippen LogP contribution in [-0.2, 0) is 15.7 Å². The van der Waals surface area contributed by atoms with Crippen molar-refractivity contribution in [1.29, 1.82) is 0 Å². The van der Waals surface area contributed by atoms with Crippen LogP contribution in [0.15, 0.2) is 30.5 Å². The Hall–Kier alpha value is -3.32. The van der Waals surface area contributed by atoms with E-state index in [0.29, 0.717) is 18.3 Å². The van der Waals surface area contributed by atoms with Gasteiger partial charge in [-0.05, 0) is 25.1 Å². The minimum Gasteiger partial charge on any atom is -0.461 e. The summed E-state index contributed by atoms with van der Waals surface area (Å²) in [5.41, 5.74) is -3.28. The van der Waals surface area contributed by atoms with E-state index in [1.807, 2.05) is 0 Å². The molecule has 1 amide bonds. The van der Waals surface area contributed by atoms with Crippen molar-refractivity contribution in [2.24, 2.45) is 0 Å². The number of carbonyl (C=O) groups is 2. The SMILES string of the molecule is CCOC(=O)c1nn(-c2cccc(C#C[C@]3(O)CCN(C)C3=O)c2)cc1C(F)(F)F.